The molecule has 2 fully saturated rings. The minimum atomic E-state index is -0.722. The molecule has 0 aromatic heterocycles. The highest BCUT2D eigenvalue weighted by Crippen LogP contribution is 2.29. The number of carbonyl (C=O) groups is 3. The van der Waals surface area contributed by atoms with E-state index >= 15 is 0 Å². The Kier molecular flexibility index (Phi) is 9.63. The van der Waals surface area contributed by atoms with Gasteiger partial charge in [-0.2, -0.15) is 0 Å². The summed E-state index contributed by atoms with van der Waals surface area (Å²) in [5, 5.41) is 14.8. The number of aliphatic carboxylic acids is 1. The van der Waals surface area contributed by atoms with Gasteiger partial charge in [-0.1, -0.05) is 18.2 Å². The number of carbonyl (C=O) groups excluding carboxylic acids is 2. The molecule has 1 aliphatic carbocycles. The minimum absolute atomic E-state index is 0.0279. The standard InChI is InChI=1S/C28H34BrN3O6/c1-37-25-15-18(8-13-24(25)31-28(36)30-23-7-3-2-6-22(23)29)16-26(33)32-14-4-5-20(32)17-38-21-11-9-19(10-12-21)27(34)35/h2-3,6-8,13,15,19-21H,4-5,9-12,14,16-17H2,1H3,(H,34,35)(H2,30,31,36). The van der Waals surface area contributed by atoms with E-state index in [1.807, 2.05) is 29.2 Å². The number of benzene rings is 2. The van der Waals surface area contributed by atoms with Crippen molar-refractivity contribution in [3.05, 3.63) is 52.5 Å². The number of nitrogens with zero attached hydrogens (tertiary/aromatic N) is 1. The van der Waals surface area contributed by atoms with Crippen LogP contribution >= 0.6 is 15.9 Å². The molecule has 1 atom stereocenters. The number of urea groups is 1. The molecule has 0 spiro atoms. The van der Waals surface area contributed by atoms with Crippen molar-refractivity contribution < 1.29 is 29.0 Å². The number of ether oxygens (including phenoxy) is 2. The van der Waals surface area contributed by atoms with Crippen LogP contribution in [0.3, 0.4) is 0 Å². The third kappa shape index (κ3) is 7.26. The van der Waals surface area contributed by atoms with E-state index in [0.717, 1.165) is 35.7 Å². The summed E-state index contributed by atoms with van der Waals surface area (Å²) in [7, 11) is 1.52. The maximum atomic E-state index is 13.2. The van der Waals surface area contributed by atoms with Crippen LogP contribution in [0.25, 0.3) is 0 Å². The van der Waals surface area contributed by atoms with Gasteiger partial charge in [-0.25, -0.2) is 4.79 Å². The first kappa shape index (κ1) is 27.9. The second kappa shape index (κ2) is 13.1. The van der Waals surface area contributed by atoms with E-state index in [1.165, 1.54) is 7.11 Å². The lowest BCUT2D eigenvalue weighted by molar-refractivity contribution is -0.144. The summed E-state index contributed by atoms with van der Waals surface area (Å²) in [6, 6.07) is 12.3. The van der Waals surface area contributed by atoms with Crippen LogP contribution in [0.4, 0.5) is 16.2 Å². The Morgan fingerprint density at radius 3 is 2.47 bits per heavy atom. The van der Waals surface area contributed by atoms with Crippen molar-refractivity contribution in [1.82, 2.24) is 4.90 Å². The first-order valence-corrected chi connectivity index (χ1v) is 13.8. The molecule has 204 valence electrons. The zero-order chi connectivity index (χ0) is 27.1. The van der Waals surface area contributed by atoms with Crippen molar-refractivity contribution >= 4 is 45.2 Å². The second-order valence-electron chi connectivity index (χ2n) is 9.80. The monoisotopic (exact) mass is 587 g/mol. The van der Waals surface area contributed by atoms with Crippen LogP contribution in [0.15, 0.2) is 46.9 Å². The number of carboxylic acid groups (broad SMARTS) is 1. The topological polar surface area (TPSA) is 117 Å². The van der Waals surface area contributed by atoms with Crippen LogP contribution in [-0.2, 0) is 20.7 Å². The number of hydrogen-bond acceptors (Lipinski definition) is 5. The van der Waals surface area contributed by atoms with Gasteiger partial charge >= 0.3 is 12.0 Å². The van der Waals surface area contributed by atoms with Gasteiger partial charge in [-0.05, 0) is 84.3 Å². The predicted molar refractivity (Wildman–Crippen MR) is 148 cm³/mol. The Balaban J connectivity index is 1.30. The summed E-state index contributed by atoms with van der Waals surface area (Å²) in [6.07, 6.45) is 4.90. The number of hydrogen-bond donors (Lipinski definition) is 3. The number of nitrogens with one attached hydrogen (secondary N) is 2. The summed E-state index contributed by atoms with van der Waals surface area (Å²) in [5.41, 5.74) is 1.93. The number of carboxylic acids is 1. The van der Waals surface area contributed by atoms with Gasteiger partial charge in [0.1, 0.15) is 5.75 Å². The lowest BCUT2D eigenvalue weighted by atomic mass is 9.87. The number of methoxy groups -OCH3 is 1. The van der Waals surface area contributed by atoms with Crippen LogP contribution < -0.4 is 15.4 Å². The van der Waals surface area contributed by atoms with Crippen molar-refractivity contribution in [3.8, 4) is 5.75 Å². The van der Waals surface area contributed by atoms with Gasteiger partial charge in [0.2, 0.25) is 5.91 Å². The van der Waals surface area contributed by atoms with Crippen molar-refractivity contribution in [2.75, 3.05) is 30.9 Å². The van der Waals surface area contributed by atoms with E-state index in [-0.39, 0.29) is 30.4 Å². The second-order valence-corrected chi connectivity index (χ2v) is 10.7. The van der Waals surface area contributed by atoms with E-state index < -0.39 is 12.0 Å². The highest BCUT2D eigenvalue weighted by Gasteiger charge is 2.31. The highest BCUT2D eigenvalue weighted by molar-refractivity contribution is 9.10. The van der Waals surface area contributed by atoms with E-state index in [0.29, 0.717) is 43.1 Å². The van der Waals surface area contributed by atoms with E-state index in [4.69, 9.17) is 9.47 Å². The summed E-state index contributed by atoms with van der Waals surface area (Å²) in [6.45, 7) is 1.18. The Hall–Kier alpha value is -3.11. The molecule has 1 saturated heterocycles. The zero-order valence-corrected chi connectivity index (χ0v) is 23.0. The average molecular weight is 588 g/mol. The van der Waals surface area contributed by atoms with Crippen molar-refractivity contribution in [2.45, 2.75) is 57.1 Å². The Labute approximate surface area is 231 Å². The summed E-state index contributed by atoms with van der Waals surface area (Å²) in [5.74, 6) is -0.491. The van der Waals surface area contributed by atoms with Crippen LogP contribution in [0.2, 0.25) is 0 Å². The van der Waals surface area contributed by atoms with Crippen LogP contribution in [-0.4, -0.2) is 60.3 Å². The fourth-order valence-corrected chi connectivity index (χ4v) is 5.51. The molecule has 2 aromatic carbocycles. The third-order valence-electron chi connectivity index (χ3n) is 7.24. The molecule has 4 rings (SSSR count). The molecule has 1 aliphatic heterocycles. The van der Waals surface area contributed by atoms with Gasteiger partial charge in [0, 0.05) is 11.0 Å². The van der Waals surface area contributed by atoms with E-state index in [9.17, 15) is 19.5 Å². The lowest BCUT2D eigenvalue weighted by Crippen LogP contribution is -2.40. The molecule has 3 amide bonds. The molecule has 0 radical (unpaired) electrons. The molecule has 3 N–H and O–H groups in total. The normalized spacial score (nSPS) is 21.1. The number of anilines is 2. The molecule has 10 heteroatoms. The molecule has 9 nitrogen and oxygen atoms in total. The Morgan fingerprint density at radius 2 is 1.76 bits per heavy atom. The molecule has 1 saturated carbocycles. The van der Waals surface area contributed by atoms with Crippen molar-refractivity contribution in [3.63, 3.8) is 0 Å². The van der Waals surface area contributed by atoms with Gasteiger partial charge in [-0.3, -0.25) is 9.59 Å². The van der Waals surface area contributed by atoms with Gasteiger partial charge in [0.15, 0.2) is 0 Å². The number of halogens is 1. The molecule has 2 aliphatic rings. The lowest BCUT2D eigenvalue weighted by Gasteiger charge is -2.30. The Morgan fingerprint density at radius 1 is 1.03 bits per heavy atom. The highest BCUT2D eigenvalue weighted by atomic mass is 79.9. The van der Waals surface area contributed by atoms with Crippen LogP contribution in [0, 0.1) is 5.92 Å². The van der Waals surface area contributed by atoms with Gasteiger partial charge in [0.25, 0.3) is 0 Å². The first-order chi connectivity index (χ1) is 18.3. The molecular formula is C28H34BrN3O6. The third-order valence-corrected chi connectivity index (χ3v) is 7.93. The summed E-state index contributed by atoms with van der Waals surface area (Å²) >= 11 is 3.41. The molecule has 0 bridgehead atoms. The number of para-hydroxylation sites is 1. The number of rotatable bonds is 9. The smallest absolute Gasteiger partial charge is 0.323 e. The quantitative estimate of drug-likeness (QED) is 0.366. The van der Waals surface area contributed by atoms with Gasteiger partial charge in [0.05, 0.1) is 49.6 Å². The molecule has 2 aromatic rings. The average Bonchev–Trinajstić information content (AvgIpc) is 3.39. The molecule has 1 heterocycles. The minimum Gasteiger partial charge on any atom is -0.495 e. The SMILES string of the molecule is COc1cc(CC(=O)N2CCCC2COC2CCC(C(=O)O)CC2)ccc1NC(=O)Nc1ccccc1Br. The number of likely N-dealkylation sites (tertiary alicyclic amines) is 1. The maximum Gasteiger partial charge on any atom is 0.323 e. The van der Waals surface area contributed by atoms with Gasteiger partial charge < -0.3 is 30.1 Å². The van der Waals surface area contributed by atoms with E-state index in [2.05, 4.69) is 26.6 Å². The number of amides is 3. The molecule has 1 unspecified atom stereocenters. The molecular weight excluding hydrogens is 554 g/mol. The van der Waals surface area contributed by atoms with Crippen LogP contribution in [0.5, 0.6) is 5.75 Å². The van der Waals surface area contributed by atoms with Crippen molar-refractivity contribution in [1.29, 1.82) is 0 Å². The Bertz CT molecular complexity index is 1150. The van der Waals surface area contributed by atoms with Gasteiger partial charge in [-0.15, -0.1) is 0 Å². The predicted octanol–water partition coefficient (Wildman–Crippen LogP) is 5.30. The van der Waals surface area contributed by atoms with Crippen LogP contribution in [0.1, 0.15) is 44.1 Å². The maximum absolute atomic E-state index is 13.2. The fourth-order valence-electron chi connectivity index (χ4n) is 5.12. The largest absolute Gasteiger partial charge is 0.495 e. The fraction of sp³-hybridized carbons (Fsp3) is 0.464. The molecule has 38 heavy (non-hydrogen) atoms. The summed E-state index contributed by atoms with van der Waals surface area (Å²) < 4.78 is 12.4. The zero-order valence-electron chi connectivity index (χ0n) is 21.5. The first-order valence-electron chi connectivity index (χ1n) is 13.0. The summed E-state index contributed by atoms with van der Waals surface area (Å²) in [4.78, 5) is 38.7. The van der Waals surface area contributed by atoms with E-state index in [1.54, 1.807) is 18.2 Å². The van der Waals surface area contributed by atoms with Crippen molar-refractivity contribution in [2.24, 2.45) is 5.92 Å².